The molecule has 0 unspecified atom stereocenters. The Morgan fingerprint density at radius 2 is 1.84 bits per heavy atom. The van der Waals surface area contributed by atoms with Crippen LogP contribution in [0.3, 0.4) is 0 Å². The highest BCUT2D eigenvalue weighted by Gasteiger charge is 2.44. The highest BCUT2D eigenvalue weighted by atomic mass is 79.9. The maximum absolute atomic E-state index is 3.64. The van der Waals surface area contributed by atoms with E-state index in [9.17, 15) is 0 Å². The summed E-state index contributed by atoms with van der Waals surface area (Å²) in [6.07, 6.45) is 6.66. The second-order valence-electron chi connectivity index (χ2n) is 6.03. The maximum Gasteiger partial charge on any atom is 0.0175 e. The molecule has 1 fully saturated rings. The maximum atomic E-state index is 3.64. The van der Waals surface area contributed by atoms with Crippen LogP contribution in [0.25, 0.3) is 0 Å². The number of hydrogen-bond acceptors (Lipinski definition) is 1. The molecular weight excluding hydrogens is 298 g/mol. The van der Waals surface area contributed by atoms with Crippen LogP contribution in [0, 0.1) is 5.92 Å². The molecule has 2 heteroatoms. The molecule has 0 saturated heterocycles. The Hall–Kier alpha value is -0.340. The molecule has 0 aliphatic heterocycles. The molecule has 1 N–H and O–H groups in total. The third kappa shape index (κ3) is 3.61. The fourth-order valence-electron chi connectivity index (χ4n) is 3.45. The molecule has 1 saturated carbocycles. The summed E-state index contributed by atoms with van der Waals surface area (Å²) in [4.78, 5) is 0. The lowest BCUT2D eigenvalue weighted by Gasteiger charge is -2.49. The predicted octanol–water partition coefficient (Wildman–Crippen LogP) is 4.90. The summed E-state index contributed by atoms with van der Waals surface area (Å²) in [5, 5.41) is 3.64. The van der Waals surface area contributed by atoms with E-state index in [1.165, 1.54) is 42.1 Å². The summed E-state index contributed by atoms with van der Waals surface area (Å²) >= 11 is 3.54. The van der Waals surface area contributed by atoms with Gasteiger partial charge >= 0.3 is 0 Å². The fraction of sp³-hybridized carbons (Fsp3) is 0.647. The van der Waals surface area contributed by atoms with Crippen LogP contribution in [0.5, 0.6) is 0 Å². The van der Waals surface area contributed by atoms with E-state index >= 15 is 0 Å². The SMILES string of the molecule is CCCNCC1(c2ccc(Br)cc2)CC(CCC)C1. The third-order valence-corrected chi connectivity index (χ3v) is 4.93. The number of nitrogens with one attached hydrogen (secondary N) is 1. The molecule has 1 aliphatic carbocycles. The minimum absolute atomic E-state index is 0.399. The van der Waals surface area contributed by atoms with Gasteiger partial charge in [0.25, 0.3) is 0 Å². The zero-order chi connectivity index (χ0) is 13.7. The van der Waals surface area contributed by atoms with E-state index in [1.807, 2.05) is 0 Å². The summed E-state index contributed by atoms with van der Waals surface area (Å²) in [5.74, 6) is 0.942. The van der Waals surface area contributed by atoms with Gasteiger partial charge in [-0.1, -0.05) is 54.8 Å². The molecule has 1 nitrogen and oxygen atoms in total. The van der Waals surface area contributed by atoms with E-state index in [2.05, 4.69) is 59.4 Å². The van der Waals surface area contributed by atoms with Crippen LogP contribution in [0.1, 0.15) is 51.5 Å². The van der Waals surface area contributed by atoms with Crippen LogP contribution in [-0.2, 0) is 5.41 Å². The van der Waals surface area contributed by atoms with Crippen LogP contribution >= 0.6 is 15.9 Å². The van der Waals surface area contributed by atoms with Crippen LogP contribution in [0.2, 0.25) is 0 Å². The summed E-state index contributed by atoms with van der Waals surface area (Å²) < 4.78 is 1.18. The van der Waals surface area contributed by atoms with Crippen molar-refractivity contribution in [2.45, 2.75) is 51.4 Å². The first-order valence-electron chi connectivity index (χ1n) is 7.67. The van der Waals surface area contributed by atoms with Gasteiger partial charge in [0, 0.05) is 16.4 Å². The highest BCUT2D eigenvalue weighted by molar-refractivity contribution is 9.10. The zero-order valence-corrected chi connectivity index (χ0v) is 13.8. The number of benzene rings is 1. The summed E-state index contributed by atoms with van der Waals surface area (Å²) in [6.45, 7) is 6.81. The van der Waals surface area contributed by atoms with Crippen molar-refractivity contribution in [2.75, 3.05) is 13.1 Å². The molecular formula is C17H26BrN. The summed E-state index contributed by atoms with van der Waals surface area (Å²) in [7, 11) is 0. The van der Waals surface area contributed by atoms with E-state index in [0.29, 0.717) is 5.41 Å². The van der Waals surface area contributed by atoms with Gasteiger partial charge in [-0.25, -0.2) is 0 Å². The fourth-order valence-corrected chi connectivity index (χ4v) is 3.71. The van der Waals surface area contributed by atoms with Gasteiger partial charge in [0.1, 0.15) is 0 Å². The molecule has 2 rings (SSSR count). The van der Waals surface area contributed by atoms with Crippen LogP contribution in [0.4, 0.5) is 0 Å². The standard InChI is InChI=1S/C17H26BrN/c1-3-5-14-11-17(12-14,13-19-10-4-2)15-6-8-16(18)9-7-15/h6-9,14,19H,3-5,10-13H2,1-2H3. The van der Waals surface area contributed by atoms with E-state index in [0.717, 1.165) is 19.0 Å². The molecule has 0 radical (unpaired) electrons. The number of halogens is 1. The van der Waals surface area contributed by atoms with Crippen LogP contribution < -0.4 is 5.32 Å². The van der Waals surface area contributed by atoms with E-state index in [4.69, 9.17) is 0 Å². The van der Waals surface area contributed by atoms with E-state index in [-0.39, 0.29) is 0 Å². The molecule has 1 aromatic rings. The van der Waals surface area contributed by atoms with Crippen molar-refractivity contribution < 1.29 is 0 Å². The Kier molecular flexibility index (Phi) is 5.47. The van der Waals surface area contributed by atoms with Crippen molar-refractivity contribution in [1.29, 1.82) is 0 Å². The summed E-state index contributed by atoms with van der Waals surface area (Å²) in [6, 6.07) is 8.98. The van der Waals surface area contributed by atoms with Crippen molar-refractivity contribution in [2.24, 2.45) is 5.92 Å². The molecule has 0 spiro atoms. The Labute approximate surface area is 126 Å². The minimum Gasteiger partial charge on any atom is -0.316 e. The van der Waals surface area contributed by atoms with Crippen LogP contribution in [0.15, 0.2) is 28.7 Å². The van der Waals surface area contributed by atoms with Gasteiger partial charge in [0.2, 0.25) is 0 Å². The lowest BCUT2D eigenvalue weighted by Crippen LogP contribution is -2.48. The molecule has 0 amide bonds. The lowest BCUT2D eigenvalue weighted by atomic mass is 9.57. The smallest absolute Gasteiger partial charge is 0.0175 e. The van der Waals surface area contributed by atoms with Crippen molar-refractivity contribution in [1.82, 2.24) is 5.32 Å². The largest absolute Gasteiger partial charge is 0.316 e. The van der Waals surface area contributed by atoms with Gasteiger partial charge in [0.15, 0.2) is 0 Å². The molecule has 106 valence electrons. The molecule has 1 aromatic carbocycles. The lowest BCUT2D eigenvalue weighted by molar-refractivity contribution is 0.129. The van der Waals surface area contributed by atoms with Crippen LogP contribution in [-0.4, -0.2) is 13.1 Å². The van der Waals surface area contributed by atoms with Gasteiger partial charge in [-0.3, -0.25) is 0 Å². The minimum atomic E-state index is 0.399. The average Bonchev–Trinajstić information content (AvgIpc) is 2.37. The predicted molar refractivity (Wildman–Crippen MR) is 86.6 cm³/mol. The Balaban J connectivity index is 2.05. The second-order valence-corrected chi connectivity index (χ2v) is 6.94. The molecule has 0 atom stereocenters. The molecule has 1 aliphatic rings. The Morgan fingerprint density at radius 3 is 2.42 bits per heavy atom. The number of rotatable bonds is 7. The quantitative estimate of drug-likeness (QED) is 0.704. The van der Waals surface area contributed by atoms with Crippen molar-refractivity contribution in [3.05, 3.63) is 34.3 Å². The average molecular weight is 324 g/mol. The van der Waals surface area contributed by atoms with Crippen molar-refractivity contribution in [3.8, 4) is 0 Å². The molecule has 0 bridgehead atoms. The number of hydrogen-bond donors (Lipinski definition) is 1. The first-order chi connectivity index (χ1) is 9.20. The molecule has 0 heterocycles. The normalized spacial score (nSPS) is 26.2. The highest BCUT2D eigenvalue weighted by Crippen LogP contribution is 2.49. The summed E-state index contributed by atoms with van der Waals surface area (Å²) in [5.41, 5.74) is 1.92. The topological polar surface area (TPSA) is 12.0 Å². The Morgan fingerprint density at radius 1 is 1.16 bits per heavy atom. The first-order valence-corrected chi connectivity index (χ1v) is 8.46. The first kappa shape index (κ1) is 15.1. The monoisotopic (exact) mass is 323 g/mol. The van der Waals surface area contributed by atoms with Gasteiger partial charge in [0.05, 0.1) is 0 Å². The van der Waals surface area contributed by atoms with Crippen molar-refractivity contribution in [3.63, 3.8) is 0 Å². The van der Waals surface area contributed by atoms with E-state index in [1.54, 1.807) is 0 Å². The molecule has 19 heavy (non-hydrogen) atoms. The van der Waals surface area contributed by atoms with Gasteiger partial charge in [-0.2, -0.15) is 0 Å². The molecule has 0 aromatic heterocycles. The van der Waals surface area contributed by atoms with Gasteiger partial charge in [-0.15, -0.1) is 0 Å². The third-order valence-electron chi connectivity index (χ3n) is 4.40. The van der Waals surface area contributed by atoms with Crippen molar-refractivity contribution >= 4 is 15.9 Å². The van der Waals surface area contributed by atoms with Gasteiger partial charge < -0.3 is 5.32 Å². The Bertz CT molecular complexity index is 373. The van der Waals surface area contributed by atoms with Gasteiger partial charge in [-0.05, 0) is 49.4 Å². The van der Waals surface area contributed by atoms with E-state index < -0.39 is 0 Å². The zero-order valence-electron chi connectivity index (χ0n) is 12.2. The second kappa shape index (κ2) is 6.90.